The molecule has 0 saturated carbocycles. The van der Waals surface area contributed by atoms with Crippen LogP contribution in [0.25, 0.3) is 0 Å². The van der Waals surface area contributed by atoms with Crippen LogP contribution in [0.1, 0.15) is 41.0 Å². The quantitative estimate of drug-likeness (QED) is 0.854. The molecule has 0 fully saturated rings. The molecule has 0 saturated heterocycles. The lowest BCUT2D eigenvalue weighted by molar-refractivity contribution is 0.0621. The highest BCUT2D eigenvalue weighted by Gasteiger charge is 2.31. The van der Waals surface area contributed by atoms with E-state index in [4.69, 9.17) is 15.2 Å². The van der Waals surface area contributed by atoms with Crippen molar-refractivity contribution in [1.82, 2.24) is 0 Å². The van der Waals surface area contributed by atoms with E-state index < -0.39 is 0 Å². The number of benzene rings is 1. The van der Waals surface area contributed by atoms with Gasteiger partial charge in [-0.3, -0.25) is 0 Å². The fraction of sp³-hybridized carbons (Fsp3) is 0.625. The van der Waals surface area contributed by atoms with E-state index in [1.165, 1.54) is 0 Å². The van der Waals surface area contributed by atoms with E-state index in [0.29, 0.717) is 6.61 Å². The highest BCUT2D eigenvalue weighted by molar-refractivity contribution is 5.31. The largest absolute Gasteiger partial charge is 0.494 e. The summed E-state index contributed by atoms with van der Waals surface area (Å²) in [5.74, 6) is 1.70. The van der Waals surface area contributed by atoms with Crippen LogP contribution >= 0.6 is 0 Å². The van der Waals surface area contributed by atoms with Gasteiger partial charge in [0.2, 0.25) is 0 Å². The third kappa shape index (κ3) is 4.75. The van der Waals surface area contributed by atoms with E-state index in [0.717, 1.165) is 17.9 Å². The molecule has 3 nitrogen and oxygen atoms in total. The lowest BCUT2D eigenvalue weighted by Gasteiger charge is -2.35. The van der Waals surface area contributed by atoms with Crippen molar-refractivity contribution < 1.29 is 9.47 Å². The Morgan fingerprint density at radius 3 is 2.00 bits per heavy atom. The second kappa shape index (κ2) is 6.80. The Hall–Kier alpha value is -1.22. The molecular formula is C16H27NO2. The first-order chi connectivity index (χ1) is 8.88. The van der Waals surface area contributed by atoms with Crippen molar-refractivity contribution in [3.63, 3.8) is 0 Å². The van der Waals surface area contributed by atoms with E-state index in [1.54, 1.807) is 0 Å². The van der Waals surface area contributed by atoms with Crippen LogP contribution in [0, 0.1) is 5.41 Å². The molecule has 0 amide bonds. The molecule has 0 aliphatic rings. The summed E-state index contributed by atoms with van der Waals surface area (Å²) in [7, 11) is 0. The molecule has 0 heterocycles. The Morgan fingerprint density at radius 2 is 1.58 bits per heavy atom. The van der Waals surface area contributed by atoms with Crippen molar-refractivity contribution in [2.24, 2.45) is 11.1 Å². The van der Waals surface area contributed by atoms with Gasteiger partial charge in [0, 0.05) is 11.5 Å². The van der Waals surface area contributed by atoms with Gasteiger partial charge in [-0.1, -0.05) is 27.7 Å². The minimum absolute atomic E-state index is 0.00422. The third-order valence-corrected chi connectivity index (χ3v) is 3.11. The van der Waals surface area contributed by atoms with Gasteiger partial charge >= 0.3 is 0 Å². The summed E-state index contributed by atoms with van der Waals surface area (Å²) in [6.45, 7) is 11.2. The van der Waals surface area contributed by atoms with Crippen LogP contribution in [0.2, 0.25) is 0 Å². The molecule has 1 aromatic carbocycles. The molecule has 0 spiro atoms. The second-order valence-corrected chi connectivity index (χ2v) is 5.88. The van der Waals surface area contributed by atoms with Crippen molar-refractivity contribution in [3.05, 3.63) is 24.3 Å². The summed E-state index contributed by atoms with van der Waals surface area (Å²) in [5, 5.41) is 0. The Kier molecular flexibility index (Phi) is 5.67. The lowest BCUT2D eigenvalue weighted by atomic mass is 9.84. The summed E-state index contributed by atoms with van der Waals surface area (Å²) >= 11 is 0. The molecule has 3 heteroatoms. The van der Waals surface area contributed by atoms with Gasteiger partial charge in [-0.2, -0.15) is 0 Å². The number of hydrogen-bond acceptors (Lipinski definition) is 3. The maximum Gasteiger partial charge on any atom is 0.120 e. The van der Waals surface area contributed by atoms with Crippen LogP contribution < -0.4 is 15.2 Å². The fourth-order valence-electron chi connectivity index (χ4n) is 2.05. The highest BCUT2D eigenvalue weighted by Crippen LogP contribution is 2.28. The van der Waals surface area contributed by atoms with Gasteiger partial charge < -0.3 is 15.2 Å². The van der Waals surface area contributed by atoms with Crippen molar-refractivity contribution in [3.8, 4) is 11.5 Å². The first kappa shape index (κ1) is 15.8. The zero-order chi connectivity index (χ0) is 14.5. The monoisotopic (exact) mass is 265 g/mol. The summed E-state index contributed by atoms with van der Waals surface area (Å²) in [4.78, 5) is 0. The molecule has 1 aromatic rings. The smallest absolute Gasteiger partial charge is 0.120 e. The Bertz CT molecular complexity index is 367. The molecule has 0 aromatic heterocycles. The van der Waals surface area contributed by atoms with Gasteiger partial charge in [0.05, 0.1) is 6.61 Å². The summed E-state index contributed by atoms with van der Waals surface area (Å²) in [6, 6.07) is 7.76. The Balaban J connectivity index is 2.79. The van der Waals surface area contributed by atoms with Crippen molar-refractivity contribution >= 4 is 0 Å². The number of ether oxygens (including phenoxy) is 2. The highest BCUT2D eigenvalue weighted by atomic mass is 16.5. The average molecular weight is 265 g/mol. The van der Waals surface area contributed by atoms with Gasteiger partial charge in [-0.25, -0.2) is 0 Å². The molecule has 108 valence electrons. The first-order valence-electron chi connectivity index (χ1n) is 7.03. The fourth-order valence-corrected chi connectivity index (χ4v) is 2.05. The maximum absolute atomic E-state index is 6.18. The number of nitrogens with two attached hydrogens (primary N) is 1. The molecular weight excluding hydrogens is 238 g/mol. The molecule has 0 radical (unpaired) electrons. The first-order valence-corrected chi connectivity index (χ1v) is 7.03. The average Bonchev–Trinajstić information content (AvgIpc) is 2.36. The predicted octanol–water partition coefficient (Wildman–Crippen LogP) is 3.62. The Labute approximate surface area is 117 Å². The van der Waals surface area contributed by atoms with Gasteiger partial charge in [-0.05, 0) is 37.6 Å². The van der Waals surface area contributed by atoms with E-state index in [2.05, 4.69) is 27.7 Å². The lowest BCUT2D eigenvalue weighted by Crippen LogP contribution is -2.47. The van der Waals surface area contributed by atoms with Crippen molar-refractivity contribution in [1.29, 1.82) is 0 Å². The van der Waals surface area contributed by atoms with Gasteiger partial charge in [-0.15, -0.1) is 0 Å². The molecule has 0 aliphatic carbocycles. The SMILES string of the molecule is CCOc1ccc(OC(C(N)CC)C(C)(C)C)cc1. The van der Waals surface area contributed by atoms with Gasteiger partial charge in [0.25, 0.3) is 0 Å². The molecule has 2 unspecified atom stereocenters. The van der Waals surface area contributed by atoms with Crippen LogP contribution in [0.4, 0.5) is 0 Å². The molecule has 2 N–H and O–H groups in total. The van der Waals surface area contributed by atoms with Gasteiger partial charge in [0.15, 0.2) is 0 Å². The van der Waals surface area contributed by atoms with Crippen LogP contribution in [-0.4, -0.2) is 18.8 Å². The van der Waals surface area contributed by atoms with E-state index in [-0.39, 0.29) is 17.6 Å². The maximum atomic E-state index is 6.18. The van der Waals surface area contributed by atoms with Crippen molar-refractivity contribution in [2.75, 3.05) is 6.61 Å². The number of hydrogen-bond donors (Lipinski definition) is 1. The zero-order valence-corrected chi connectivity index (χ0v) is 12.8. The topological polar surface area (TPSA) is 44.5 Å². The molecule has 19 heavy (non-hydrogen) atoms. The minimum atomic E-state index is -0.00422. The van der Waals surface area contributed by atoms with Crippen LogP contribution in [0.3, 0.4) is 0 Å². The number of rotatable bonds is 6. The van der Waals surface area contributed by atoms with E-state index in [9.17, 15) is 0 Å². The van der Waals surface area contributed by atoms with Crippen LogP contribution in [-0.2, 0) is 0 Å². The van der Waals surface area contributed by atoms with Gasteiger partial charge in [0.1, 0.15) is 17.6 Å². The van der Waals surface area contributed by atoms with Crippen LogP contribution in [0.5, 0.6) is 11.5 Å². The summed E-state index contributed by atoms with van der Waals surface area (Å²) < 4.78 is 11.5. The minimum Gasteiger partial charge on any atom is -0.494 e. The second-order valence-electron chi connectivity index (χ2n) is 5.88. The van der Waals surface area contributed by atoms with E-state index >= 15 is 0 Å². The molecule has 1 rings (SSSR count). The molecule has 2 atom stereocenters. The Morgan fingerprint density at radius 1 is 1.05 bits per heavy atom. The van der Waals surface area contributed by atoms with Crippen molar-refractivity contribution in [2.45, 2.75) is 53.2 Å². The van der Waals surface area contributed by atoms with Crippen LogP contribution in [0.15, 0.2) is 24.3 Å². The van der Waals surface area contributed by atoms with E-state index in [1.807, 2.05) is 31.2 Å². The molecule has 0 bridgehead atoms. The zero-order valence-electron chi connectivity index (χ0n) is 12.8. The summed E-state index contributed by atoms with van der Waals surface area (Å²) in [6.07, 6.45) is 0.898. The predicted molar refractivity (Wildman–Crippen MR) is 79.7 cm³/mol. The molecule has 0 aliphatic heterocycles. The third-order valence-electron chi connectivity index (χ3n) is 3.11. The summed E-state index contributed by atoms with van der Waals surface area (Å²) in [5.41, 5.74) is 6.19. The standard InChI is InChI=1S/C16H27NO2/c1-6-14(17)15(16(3,4)5)19-13-10-8-12(9-11-13)18-7-2/h8-11,14-15H,6-7,17H2,1-5H3. The normalized spacial score (nSPS) is 14.8.